The van der Waals surface area contributed by atoms with E-state index in [0.29, 0.717) is 11.3 Å². The summed E-state index contributed by atoms with van der Waals surface area (Å²) in [5, 5.41) is 9.37. The number of nitriles is 1. The molecular formula is C23H18ClFN4O4. The van der Waals surface area contributed by atoms with E-state index in [0.717, 1.165) is 4.90 Å². The number of imide groups is 1. The number of halogens is 2. The summed E-state index contributed by atoms with van der Waals surface area (Å²) in [6.45, 7) is 3.77. The van der Waals surface area contributed by atoms with Gasteiger partial charge in [-0.1, -0.05) is 18.5 Å². The number of rotatable bonds is 2. The van der Waals surface area contributed by atoms with Gasteiger partial charge < -0.3 is 9.64 Å². The number of carbonyl (C=O) groups is 3. The number of urea groups is 1. The zero-order chi connectivity index (χ0) is 23.6. The van der Waals surface area contributed by atoms with Crippen molar-refractivity contribution in [2.75, 3.05) is 11.4 Å². The minimum absolute atomic E-state index is 0.128. The van der Waals surface area contributed by atoms with E-state index in [-0.39, 0.29) is 34.8 Å². The van der Waals surface area contributed by atoms with Crippen LogP contribution in [0.25, 0.3) is 0 Å². The average Bonchev–Trinajstić information content (AvgIpc) is 3.37. The van der Waals surface area contributed by atoms with Crippen molar-refractivity contribution in [1.29, 1.82) is 5.26 Å². The van der Waals surface area contributed by atoms with Gasteiger partial charge in [-0.2, -0.15) is 5.26 Å². The quantitative estimate of drug-likeness (QED) is 0.626. The number of amides is 4. The van der Waals surface area contributed by atoms with Crippen molar-refractivity contribution >= 4 is 35.3 Å². The summed E-state index contributed by atoms with van der Waals surface area (Å²) in [7, 11) is 0. The Morgan fingerprint density at radius 1 is 1.21 bits per heavy atom. The number of anilines is 1. The minimum Gasteiger partial charge on any atom is -0.410 e. The summed E-state index contributed by atoms with van der Waals surface area (Å²) < 4.78 is 18.5. The molecule has 2 aromatic rings. The van der Waals surface area contributed by atoms with E-state index in [1.54, 1.807) is 6.92 Å². The predicted molar refractivity (Wildman–Crippen MR) is 115 cm³/mol. The van der Waals surface area contributed by atoms with Crippen molar-refractivity contribution in [1.82, 2.24) is 9.80 Å². The normalized spacial score (nSPS) is 25.5. The number of likely N-dealkylation sites (tertiary alicyclic amines) is 1. The summed E-state index contributed by atoms with van der Waals surface area (Å²) in [6.07, 6.45) is -0.656. The van der Waals surface area contributed by atoms with E-state index in [9.17, 15) is 24.0 Å². The fourth-order valence-corrected chi connectivity index (χ4v) is 5.32. The standard InChI is InChI=1S/C23H18ClFN4O4/c1-11-16(8-3-13(9-26)18(11)24)29-21(30)20-19-12(2)17(28(20)22(29)31)10-27(19)23(32)33-15-6-4-14(25)5-7-15/h3-8,12,17,19-20H,10H2,1-2H3/t12-,17?,19?,20-/m0/s1. The molecule has 0 aromatic heterocycles. The van der Waals surface area contributed by atoms with Crippen molar-refractivity contribution < 1.29 is 23.5 Å². The molecule has 4 amide bonds. The molecule has 3 saturated heterocycles. The highest BCUT2D eigenvalue weighted by Crippen LogP contribution is 2.46. The van der Waals surface area contributed by atoms with Gasteiger partial charge in [-0.3, -0.25) is 9.69 Å². The van der Waals surface area contributed by atoms with Crippen LogP contribution in [0.4, 0.5) is 19.7 Å². The van der Waals surface area contributed by atoms with Crippen LogP contribution in [-0.4, -0.2) is 52.5 Å². The molecule has 3 aliphatic heterocycles. The first kappa shape index (κ1) is 21.2. The second-order valence-electron chi connectivity index (χ2n) is 8.38. The SMILES string of the molecule is Cc1c(N2C(=O)[C@@H]3C4[C@@H](C)C(CN4C(=O)Oc4ccc(F)cc4)N3C2=O)ccc(C#N)c1Cl. The first-order valence-corrected chi connectivity index (χ1v) is 10.7. The average molecular weight is 469 g/mol. The van der Waals surface area contributed by atoms with Crippen molar-refractivity contribution in [3.63, 3.8) is 0 Å². The molecule has 3 heterocycles. The predicted octanol–water partition coefficient (Wildman–Crippen LogP) is 3.70. The van der Waals surface area contributed by atoms with Crippen LogP contribution in [0.5, 0.6) is 5.75 Å². The molecule has 0 saturated carbocycles. The van der Waals surface area contributed by atoms with Crippen LogP contribution in [0.1, 0.15) is 18.1 Å². The monoisotopic (exact) mass is 468 g/mol. The molecule has 10 heteroatoms. The molecule has 5 rings (SSSR count). The van der Waals surface area contributed by atoms with Crippen LogP contribution in [0.2, 0.25) is 5.02 Å². The summed E-state index contributed by atoms with van der Waals surface area (Å²) in [5.74, 6) is -0.849. The first-order chi connectivity index (χ1) is 15.7. The Bertz CT molecular complexity index is 1240. The van der Waals surface area contributed by atoms with Gasteiger partial charge in [-0.25, -0.2) is 18.9 Å². The molecule has 33 heavy (non-hydrogen) atoms. The molecule has 0 aliphatic carbocycles. The number of ether oxygens (including phenoxy) is 1. The molecular weight excluding hydrogens is 451 g/mol. The maximum absolute atomic E-state index is 13.5. The number of fused-ring (bicyclic) bond motifs is 5. The van der Waals surface area contributed by atoms with Gasteiger partial charge in [0.1, 0.15) is 23.7 Å². The van der Waals surface area contributed by atoms with Crippen LogP contribution in [0.3, 0.4) is 0 Å². The lowest BCUT2D eigenvalue weighted by Crippen LogP contribution is -2.55. The number of carbonyl (C=O) groups excluding carboxylic acids is 3. The number of hydrogen-bond donors (Lipinski definition) is 0. The highest BCUT2D eigenvalue weighted by Gasteiger charge is 2.66. The van der Waals surface area contributed by atoms with Crippen molar-refractivity contribution in [2.24, 2.45) is 5.92 Å². The third-order valence-electron chi connectivity index (χ3n) is 6.73. The Labute approximate surface area is 193 Å². The Morgan fingerprint density at radius 2 is 1.91 bits per heavy atom. The van der Waals surface area contributed by atoms with Crippen LogP contribution < -0.4 is 9.64 Å². The lowest BCUT2D eigenvalue weighted by atomic mass is 9.99. The largest absolute Gasteiger partial charge is 0.415 e. The number of piperazine rings is 1. The first-order valence-electron chi connectivity index (χ1n) is 10.3. The van der Waals surface area contributed by atoms with Crippen LogP contribution in [0.15, 0.2) is 36.4 Å². The fourth-order valence-electron chi connectivity index (χ4n) is 5.12. The lowest BCUT2D eigenvalue weighted by molar-refractivity contribution is -0.121. The van der Waals surface area contributed by atoms with E-state index in [2.05, 4.69) is 0 Å². The second kappa shape index (κ2) is 7.46. The zero-order valence-corrected chi connectivity index (χ0v) is 18.4. The molecule has 3 aliphatic rings. The van der Waals surface area contributed by atoms with E-state index in [4.69, 9.17) is 16.3 Å². The summed E-state index contributed by atoms with van der Waals surface area (Å²) in [5.41, 5.74) is 1.02. The van der Waals surface area contributed by atoms with Gasteiger partial charge in [0, 0.05) is 12.5 Å². The Kier molecular flexibility index (Phi) is 4.79. The van der Waals surface area contributed by atoms with Gasteiger partial charge in [0.05, 0.1) is 28.4 Å². The van der Waals surface area contributed by atoms with Gasteiger partial charge in [0.15, 0.2) is 0 Å². The molecule has 168 valence electrons. The minimum atomic E-state index is -0.846. The van der Waals surface area contributed by atoms with Crippen molar-refractivity contribution in [3.05, 3.63) is 58.4 Å². The highest BCUT2D eigenvalue weighted by molar-refractivity contribution is 6.33. The maximum atomic E-state index is 13.5. The number of hydrogen-bond acceptors (Lipinski definition) is 5. The van der Waals surface area contributed by atoms with Gasteiger partial charge in [0.2, 0.25) is 0 Å². The number of nitrogens with zero attached hydrogens (tertiary/aromatic N) is 4. The van der Waals surface area contributed by atoms with E-state index >= 15 is 0 Å². The van der Waals surface area contributed by atoms with Crippen molar-refractivity contribution in [2.45, 2.75) is 32.0 Å². The maximum Gasteiger partial charge on any atom is 0.415 e. The van der Waals surface area contributed by atoms with Crippen LogP contribution in [0, 0.1) is 30.0 Å². The highest BCUT2D eigenvalue weighted by atomic mass is 35.5. The Morgan fingerprint density at radius 3 is 2.58 bits per heavy atom. The third-order valence-corrected chi connectivity index (χ3v) is 7.21. The van der Waals surface area contributed by atoms with Gasteiger partial charge in [-0.15, -0.1) is 0 Å². The molecule has 8 nitrogen and oxygen atoms in total. The molecule has 2 aromatic carbocycles. The zero-order valence-electron chi connectivity index (χ0n) is 17.7. The Balaban J connectivity index is 1.44. The van der Waals surface area contributed by atoms with Crippen LogP contribution in [-0.2, 0) is 4.79 Å². The summed E-state index contributed by atoms with van der Waals surface area (Å²) in [6, 6.07) is 7.82. The molecule has 0 spiro atoms. The molecule has 2 bridgehead atoms. The van der Waals surface area contributed by atoms with Crippen molar-refractivity contribution in [3.8, 4) is 11.8 Å². The van der Waals surface area contributed by atoms with Crippen LogP contribution >= 0.6 is 11.6 Å². The van der Waals surface area contributed by atoms with Gasteiger partial charge >= 0.3 is 12.1 Å². The third kappa shape index (κ3) is 2.98. The number of benzene rings is 2. The summed E-state index contributed by atoms with van der Waals surface area (Å²) >= 11 is 6.26. The van der Waals surface area contributed by atoms with Gasteiger partial charge in [0.25, 0.3) is 5.91 Å². The fraction of sp³-hybridized carbons (Fsp3) is 0.304. The molecule has 0 radical (unpaired) electrons. The molecule has 0 N–H and O–H groups in total. The summed E-state index contributed by atoms with van der Waals surface area (Å²) in [4.78, 5) is 43.7. The van der Waals surface area contributed by atoms with E-state index in [1.807, 2.05) is 13.0 Å². The molecule has 3 fully saturated rings. The molecule has 2 unspecified atom stereocenters. The van der Waals surface area contributed by atoms with E-state index in [1.165, 1.54) is 46.2 Å². The van der Waals surface area contributed by atoms with E-state index < -0.39 is 35.9 Å². The smallest absolute Gasteiger partial charge is 0.410 e. The molecule has 4 atom stereocenters. The second-order valence-corrected chi connectivity index (χ2v) is 8.76. The topological polar surface area (TPSA) is 94.0 Å². The Hall–Kier alpha value is -3.64. The van der Waals surface area contributed by atoms with Gasteiger partial charge in [-0.05, 0) is 48.9 Å². The lowest BCUT2D eigenvalue weighted by Gasteiger charge is -2.34.